The number of alkyl halides is 6. The predicted octanol–water partition coefficient (Wildman–Crippen LogP) is 2.92. The maximum absolute atomic E-state index is 11.2. The Morgan fingerprint density at radius 3 is 1.00 bits per heavy atom. The van der Waals surface area contributed by atoms with Crippen molar-refractivity contribution in [3.8, 4) is 0 Å². The van der Waals surface area contributed by atoms with Crippen molar-refractivity contribution < 1.29 is 13.2 Å². The van der Waals surface area contributed by atoms with E-state index >= 15 is 0 Å². The Morgan fingerprint density at radius 1 is 0.875 bits per heavy atom. The minimum atomic E-state index is -4.77. The summed E-state index contributed by atoms with van der Waals surface area (Å²) in [4.78, 5) is 0. The third-order valence-electron chi connectivity index (χ3n) is 0.321. The molecule has 6 heteroatoms. The van der Waals surface area contributed by atoms with E-state index in [2.05, 4.69) is 34.8 Å². The van der Waals surface area contributed by atoms with Crippen molar-refractivity contribution >= 4 is 34.8 Å². The zero-order valence-corrected chi connectivity index (χ0v) is 5.54. The molecular weight excluding hydrogens is 187 g/mol. The van der Waals surface area contributed by atoms with E-state index in [1.807, 2.05) is 0 Å². The van der Waals surface area contributed by atoms with Crippen LogP contribution in [0.25, 0.3) is 0 Å². The highest BCUT2D eigenvalue weighted by Crippen LogP contribution is 2.42. The summed E-state index contributed by atoms with van der Waals surface area (Å²) in [5, 5.41) is 0. The first-order chi connectivity index (χ1) is 3.25. The molecule has 0 aromatic carbocycles. The van der Waals surface area contributed by atoms with Crippen LogP contribution in [0.5, 0.6) is 0 Å². The fourth-order valence-corrected chi connectivity index (χ4v) is 0. The van der Waals surface area contributed by atoms with Crippen LogP contribution in [0.15, 0.2) is 0 Å². The topological polar surface area (TPSA) is 0 Å². The van der Waals surface area contributed by atoms with Crippen LogP contribution in [-0.2, 0) is 0 Å². The van der Waals surface area contributed by atoms with Gasteiger partial charge in [0.2, 0.25) is 0 Å². The SMILES string of the molecule is FC(F)(F)C(Cl)(Cl)Cl. The van der Waals surface area contributed by atoms with Crippen LogP contribution in [0.1, 0.15) is 0 Å². The minimum Gasteiger partial charge on any atom is -0.166 e. The number of hydrogen-bond acceptors (Lipinski definition) is 0. The van der Waals surface area contributed by atoms with Gasteiger partial charge in [0.25, 0.3) is 3.79 Å². The number of hydrogen-bond donors (Lipinski definition) is 0. The lowest BCUT2D eigenvalue weighted by molar-refractivity contribution is -0.124. The molecule has 8 heavy (non-hydrogen) atoms. The van der Waals surface area contributed by atoms with Crippen LogP contribution >= 0.6 is 34.8 Å². The lowest BCUT2D eigenvalue weighted by atomic mass is 10.8. The smallest absolute Gasteiger partial charge is 0.166 e. The highest BCUT2D eigenvalue weighted by Gasteiger charge is 2.51. The summed E-state index contributed by atoms with van der Waals surface area (Å²) in [6.45, 7) is 0. The zero-order valence-electron chi connectivity index (χ0n) is 3.27. The van der Waals surface area contributed by atoms with Crippen molar-refractivity contribution in [3.63, 3.8) is 0 Å². The third kappa shape index (κ3) is 2.29. The highest BCUT2D eigenvalue weighted by atomic mass is 35.6. The Balaban J connectivity index is 4.02. The van der Waals surface area contributed by atoms with Gasteiger partial charge in [0.05, 0.1) is 0 Å². The molecule has 0 aliphatic heterocycles. The maximum atomic E-state index is 11.2. The summed E-state index contributed by atoms with van der Waals surface area (Å²) >= 11 is 13.2. The van der Waals surface area contributed by atoms with Gasteiger partial charge < -0.3 is 0 Å². The first-order valence-corrected chi connectivity index (χ1v) is 2.52. The van der Waals surface area contributed by atoms with Crippen molar-refractivity contribution in [1.29, 1.82) is 0 Å². The van der Waals surface area contributed by atoms with E-state index in [1.54, 1.807) is 0 Å². The summed E-state index contributed by atoms with van der Waals surface area (Å²) in [6.07, 6.45) is -4.77. The van der Waals surface area contributed by atoms with Crippen LogP contribution in [0, 0.1) is 0 Å². The Labute approximate surface area is 58.5 Å². The molecule has 0 spiro atoms. The van der Waals surface area contributed by atoms with E-state index in [0.29, 0.717) is 0 Å². The van der Waals surface area contributed by atoms with Gasteiger partial charge in [-0.3, -0.25) is 0 Å². The predicted molar refractivity (Wildman–Crippen MR) is 26.3 cm³/mol. The van der Waals surface area contributed by atoms with Gasteiger partial charge in [-0.05, 0) is 0 Å². The average Bonchev–Trinajstić information content (AvgIpc) is 1.25. The molecule has 0 aliphatic rings. The van der Waals surface area contributed by atoms with Gasteiger partial charge in [-0.1, -0.05) is 34.8 Å². The molecule has 0 N–H and O–H groups in total. The van der Waals surface area contributed by atoms with Crippen molar-refractivity contribution in [2.24, 2.45) is 0 Å². The summed E-state index contributed by atoms with van der Waals surface area (Å²) < 4.78 is 30.4. The summed E-state index contributed by atoms with van der Waals surface area (Å²) in [7, 11) is 0. The Bertz CT molecular complexity index is 67.5. The van der Waals surface area contributed by atoms with Gasteiger partial charge in [-0.25, -0.2) is 0 Å². The molecular formula is C2Cl3F3. The second-order valence-corrected chi connectivity index (χ2v) is 3.28. The molecule has 0 aromatic rings. The normalized spacial score (nSPS) is 14.2. The van der Waals surface area contributed by atoms with E-state index in [1.165, 1.54) is 0 Å². The fourth-order valence-electron chi connectivity index (χ4n) is 0. The average molecular weight is 187 g/mol. The lowest BCUT2D eigenvalue weighted by Crippen LogP contribution is -2.27. The number of rotatable bonds is 0. The Kier molecular flexibility index (Phi) is 2.29. The molecule has 0 rings (SSSR count). The maximum Gasteiger partial charge on any atom is 0.435 e. The molecule has 0 radical (unpaired) electrons. The van der Waals surface area contributed by atoms with Crippen LogP contribution in [0.3, 0.4) is 0 Å². The van der Waals surface area contributed by atoms with Crippen molar-refractivity contribution in [3.05, 3.63) is 0 Å². The van der Waals surface area contributed by atoms with Crippen LogP contribution in [-0.4, -0.2) is 9.97 Å². The summed E-state index contributed by atoms with van der Waals surface area (Å²) in [5.74, 6) is 0. The first-order valence-electron chi connectivity index (χ1n) is 1.38. The van der Waals surface area contributed by atoms with E-state index in [9.17, 15) is 13.2 Å². The number of halogens is 6. The van der Waals surface area contributed by atoms with E-state index < -0.39 is 9.97 Å². The van der Waals surface area contributed by atoms with Gasteiger partial charge in [0.15, 0.2) is 0 Å². The standard InChI is InChI=1S/C2Cl3F3/c3-1(4,5)2(6,7)8. The van der Waals surface area contributed by atoms with Crippen LogP contribution in [0.2, 0.25) is 0 Å². The van der Waals surface area contributed by atoms with E-state index in [4.69, 9.17) is 0 Å². The second-order valence-electron chi connectivity index (χ2n) is 0.996. The molecule has 0 nitrogen and oxygen atoms in total. The molecule has 0 bridgehead atoms. The van der Waals surface area contributed by atoms with Crippen molar-refractivity contribution in [1.82, 2.24) is 0 Å². The molecule has 0 aliphatic carbocycles. The third-order valence-corrected chi connectivity index (χ3v) is 0.964. The van der Waals surface area contributed by atoms with Crippen LogP contribution < -0.4 is 0 Å². The minimum absolute atomic E-state index is 3.15. The van der Waals surface area contributed by atoms with Gasteiger partial charge in [-0.2, -0.15) is 13.2 Å². The molecule has 0 saturated carbocycles. The molecule has 0 atom stereocenters. The lowest BCUT2D eigenvalue weighted by Gasteiger charge is -2.13. The molecule has 0 saturated heterocycles. The van der Waals surface area contributed by atoms with E-state index in [0.717, 1.165) is 0 Å². The molecule has 0 aromatic heterocycles. The van der Waals surface area contributed by atoms with Crippen molar-refractivity contribution in [2.75, 3.05) is 0 Å². The summed E-state index contributed by atoms with van der Waals surface area (Å²) in [6, 6.07) is 0. The molecule has 0 amide bonds. The highest BCUT2D eigenvalue weighted by molar-refractivity contribution is 6.68. The molecule has 0 unspecified atom stereocenters. The van der Waals surface area contributed by atoms with Crippen molar-refractivity contribution in [2.45, 2.75) is 9.97 Å². The quantitative estimate of drug-likeness (QED) is 0.512. The molecule has 0 fully saturated rings. The van der Waals surface area contributed by atoms with Gasteiger partial charge in [0.1, 0.15) is 0 Å². The fraction of sp³-hybridized carbons (Fsp3) is 1.00. The first kappa shape index (κ1) is 8.66. The molecule has 0 heterocycles. The van der Waals surface area contributed by atoms with Gasteiger partial charge in [0, 0.05) is 0 Å². The molecule has 50 valence electrons. The Hall–Kier alpha value is 0.660. The monoisotopic (exact) mass is 186 g/mol. The van der Waals surface area contributed by atoms with Gasteiger partial charge in [-0.15, -0.1) is 0 Å². The summed E-state index contributed by atoms with van der Waals surface area (Å²) in [5.41, 5.74) is 0. The van der Waals surface area contributed by atoms with Gasteiger partial charge >= 0.3 is 6.18 Å². The largest absolute Gasteiger partial charge is 0.435 e. The zero-order chi connectivity index (χ0) is 7.00. The second kappa shape index (κ2) is 2.12. The van der Waals surface area contributed by atoms with Crippen LogP contribution in [0.4, 0.5) is 13.2 Å². The van der Waals surface area contributed by atoms with E-state index in [-0.39, 0.29) is 0 Å². The Morgan fingerprint density at radius 2 is 1.00 bits per heavy atom.